The van der Waals surface area contributed by atoms with Crippen LogP contribution in [0.3, 0.4) is 0 Å². The molecular formula is C22H28N4O2. The Bertz CT molecular complexity index is 799. The van der Waals surface area contributed by atoms with Gasteiger partial charge in [0.05, 0.1) is 12.8 Å². The zero-order chi connectivity index (χ0) is 19.8. The number of methoxy groups -OCH3 is 1. The normalized spacial score (nSPS) is 15.4. The van der Waals surface area contributed by atoms with Gasteiger partial charge in [0.15, 0.2) is 0 Å². The van der Waals surface area contributed by atoms with E-state index in [9.17, 15) is 4.79 Å². The van der Waals surface area contributed by atoms with Crippen LogP contribution in [0.5, 0.6) is 5.75 Å². The summed E-state index contributed by atoms with van der Waals surface area (Å²) < 4.78 is 5.34. The van der Waals surface area contributed by atoms with Crippen LogP contribution >= 0.6 is 0 Å². The second-order valence-corrected chi connectivity index (χ2v) is 6.85. The monoisotopic (exact) mass is 380 g/mol. The Morgan fingerprint density at radius 1 is 1.04 bits per heavy atom. The number of benzene rings is 2. The van der Waals surface area contributed by atoms with Gasteiger partial charge in [-0.15, -0.1) is 0 Å². The molecule has 2 aromatic rings. The average Bonchev–Trinajstić information content (AvgIpc) is 2.77. The van der Waals surface area contributed by atoms with E-state index in [-0.39, 0.29) is 5.91 Å². The second-order valence-electron chi connectivity index (χ2n) is 6.85. The molecule has 0 atom stereocenters. The first-order valence-corrected chi connectivity index (χ1v) is 9.66. The van der Waals surface area contributed by atoms with Gasteiger partial charge in [0.25, 0.3) is 0 Å². The molecule has 1 aliphatic rings. The van der Waals surface area contributed by atoms with E-state index in [1.807, 2.05) is 37.3 Å². The molecule has 1 saturated heterocycles. The third-order valence-corrected chi connectivity index (χ3v) is 4.99. The van der Waals surface area contributed by atoms with Crippen LogP contribution in [0.2, 0.25) is 0 Å². The van der Waals surface area contributed by atoms with Crippen LogP contribution in [0.15, 0.2) is 59.7 Å². The number of carbonyl (C=O) groups excluding carboxylic acids is 1. The number of piperazine rings is 1. The van der Waals surface area contributed by atoms with E-state index in [1.54, 1.807) is 7.11 Å². The predicted molar refractivity (Wildman–Crippen MR) is 113 cm³/mol. The van der Waals surface area contributed by atoms with Crippen LogP contribution in [-0.2, 0) is 4.79 Å². The van der Waals surface area contributed by atoms with Crippen molar-refractivity contribution < 1.29 is 9.53 Å². The molecule has 0 bridgehead atoms. The summed E-state index contributed by atoms with van der Waals surface area (Å²) >= 11 is 0. The number of rotatable bonds is 7. The summed E-state index contributed by atoms with van der Waals surface area (Å²) in [6.45, 7) is 6.50. The molecule has 1 amide bonds. The molecule has 0 saturated carbocycles. The maximum absolute atomic E-state index is 12.2. The number of carbonyl (C=O) groups is 1. The first-order valence-electron chi connectivity index (χ1n) is 9.66. The highest BCUT2D eigenvalue weighted by Gasteiger charge is 2.17. The lowest BCUT2D eigenvalue weighted by molar-refractivity contribution is -0.121. The molecule has 2 aromatic carbocycles. The van der Waals surface area contributed by atoms with E-state index in [4.69, 9.17) is 4.74 Å². The van der Waals surface area contributed by atoms with Crippen LogP contribution in [-0.4, -0.2) is 56.4 Å². The molecule has 0 spiro atoms. The fraction of sp³-hybridized carbons (Fsp3) is 0.364. The van der Waals surface area contributed by atoms with Crippen molar-refractivity contribution in [2.24, 2.45) is 5.10 Å². The molecule has 6 heteroatoms. The maximum atomic E-state index is 12.2. The van der Waals surface area contributed by atoms with Crippen molar-refractivity contribution in [2.75, 3.05) is 44.7 Å². The second kappa shape index (κ2) is 9.90. The topological polar surface area (TPSA) is 57.2 Å². The predicted octanol–water partition coefficient (Wildman–Crippen LogP) is 2.75. The van der Waals surface area contributed by atoms with E-state index < -0.39 is 0 Å². The van der Waals surface area contributed by atoms with E-state index in [1.165, 1.54) is 5.69 Å². The lowest BCUT2D eigenvalue weighted by Crippen LogP contribution is -2.47. The zero-order valence-corrected chi connectivity index (χ0v) is 16.6. The van der Waals surface area contributed by atoms with Crippen LogP contribution < -0.4 is 15.1 Å². The molecule has 0 aliphatic carbocycles. The van der Waals surface area contributed by atoms with Crippen molar-refractivity contribution in [3.8, 4) is 5.75 Å². The Morgan fingerprint density at radius 3 is 2.43 bits per heavy atom. The van der Waals surface area contributed by atoms with Crippen molar-refractivity contribution in [2.45, 2.75) is 13.3 Å². The summed E-state index contributed by atoms with van der Waals surface area (Å²) in [5.74, 6) is 0.675. The zero-order valence-electron chi connectivity index (χ0n) is 16.6. The molecule has 1 N–H and O–H groups in total. The first-order chi connectivity index (χ1) is 13.7. The molecular weight excluding hydrogens is 352 g/mol. The van der Waals surface area contributed by atoms with Gasteiger partial charge in [0, 0.05) is 50.4 Å². The van der Waals surface area contributed by atoms with E-state index in [0.717, 1.165) is 49.7 Å². The van der Waals surface area contributed by atoms with Gasteiger partial charge < -0.3 is 9.64 Å². The number of hydrogen-bond donors (Lipinski definition) is 1. The molecule has 6 nitrogen and oxygen atoms in total. The van der Waals surface area contributed by atoms with Crippen LogP contribution in [0, 0.1) is 0 Å². The lowest BCUT2D eigenvalue weighted by Gasteiger charge is -2.36. The Balaban J connectivity index is 1.42. The Labute approximate surface area is 166 Å². The number of para-hydroxylation sites is 2. The van der Waals surface area contributed by atoms with Gasteiger partial charge in [-0.1, -0.05) is 30.3 Å². The molecule has 148 valence electrons. The minimum absolute atomic E-state index is 0.0697. The number of ether oxygens (including phenoxy) is 1. The standard InChI is InChI=1S/C22H28N4O2/c1-18(20-10-6-7-11-21(20)28-2)23-24-22(27)12-13-25-14-16-26(17-15-25)19-8-4-3-5-9-19/h3-11H,12-17H2,1-2H3,(H,24,27). The SMILES string of the molecule is COc1ccccc1C(C)=NNC(=O)CCN1CCN(c2ccccc2)CC1. The van der Waals surface area contributed by atoms with Crippen molar-refractivity contribution in [3.63, 3.8) is 0 Å². The number of amides is 1. The summed E-state index contributed by atoms with van der Waals surface area (Å²) in [7, 11) is 1.63. The highest BCUT2D eigenvalue weighted by Crippen LogP contribution is 2.18. The van der Waals surface area contributed by atoms with Crippen molar-refractivity contribution >= 4 is 17.3 Å². The van der Waals surface area contributed by atoms with Gasteiger partial charge >= 0.3 is 0 Å². The summed E-state index contributed by atoms with van der Waals surface area (Å²) in [5.41, 5.74) is 5.53. The molecule has 0 radical (unpaired) electrons. The third kappa shape index (κ3) is 5.33. The van der Waals surface area contributed by atoms with Gasteiger partial charge in [-0.25, -0.2) is 5.43 Å². The Morgan fingerprint density at radius 2 is 1.71 bits per heavy atom. The number of nitrogens with zero attached hydrogens (tertiary/aromatic N) is 3. The summed E-state index contributed by atoms with van der Waals surface area (Å²) in [4.78, 5) is 16.9. The van der Waals surface area contributed by atoms with Crippen LogP contribution in [0.25, 0.3) is 0 Å². The largest absolute Gasteiger partial charge is 0.496 e. The number of anilines is 1. The number of hydrogen-bond acceptors (Lipinski definition) is 5. The smallest absolute Gasteiger partial charge is 0.241 e. The van der Waals surface area contributed by atoms with Gasteiger partial charge in [0.2, 0.25) is 5.91 Å². The van der Waals surface area contributed by atoms with Gasteiger partial charge in [-0.05, 0) is 31.2 Å². The quantitative estimate of drug-likeness (QED) is 0.593. The molecule has 0 unspecified atom stereocenters. The number of hydrazone groups is 1. The molecule has 28 heavy (non-hydrogen) atoms. The minimum Gasteiger partial charge on any atom is -0.496 e. The third-order valence-electron chi connectivity index (χ3n) is 4.99. The van der Waals surface area contributed by atoms with E-state index >= 15 is 0 Å². The summed E-state index contributed by atoms with van der Waals surface area (Å²) in [6.07, 6.45) is 0.439. The van der Waals surface area contributed by atoms with E-state index in [2.05, 4.69) is 44.6 Å². The molecule has 1 aliphatic heterocycles. The van der Waals surface area contributed by atoms with E-state index in [0.29, 0.717) is 6.42 Å². The molecule has 0 aromatic heterocycles. The van der Waals surface area contributed by atoms with Gasteiger partial charge in [0.1, 0.15) is 5.75 Å². The van der Waals surface area contributed by atoms with Crippen LogP contribution in [0.4, 0.5) is 5.69 Å². The highest BCUT2D eigenvalue weighted by molar-refractivity contribution is 6.01. The van der Waals surface area contributed by atoms with Gasteiger partial charge in [-0.2, -0.15) is 5.10 Å². The average molecular weight is 380 g/mol. The van der Waals surface area contributed by atoms with Crippen molar-refractivity contribution in [3.05, 3.63) is 60.2 Å². The first kappa shape index (κ1) is 19.9. The Kier molecular flexibility index (Phi) is 7.03. The maximum Gasteiger partial charge on any atom is 0.241 e. The molecule has 1 heterocycles. The van der Waals surface area contributed by atoms with Crippen molar-refractivity contribution in [1.82, 2.24) is 10.3 Å². The minimum atomic E-state index is -0.0697. The summed E-state index contributed by atoms with van der Waals surface area (Å²) in [5, 5.41) is 4.23. The lowest BCUT2D eigenvalue weighted by atomic mass is 10.1. The highest BCUT2D eigenvalue weighted by atomic mass is 16.5. The van der Waals surface area contributed by atoms with Gasteiger partial charge in [-0.3, -0.25) is 9.69 Å². The summed E-state index contributed by atoms with van der Waals surface area (Å²) in [6, 6.07) is 18.1. The molecule has 1 fully saturated rings. The molecule has 3 rings (SSSR count). The number of nitrogens with one attached hydrogen (secondary N) is 1. The fourth-order valence-corrected chi connectivity index (χ4v) is 3.33. The van der Waals surface area contributed by atoms with Crippen molar-refractivity contribution in [1.29, 1.82) is 0 Å². The Hall–Kier alpha value is -2.86. The fourth-order valence-electron chi connectivity index (χ4n) is 3.33. The van der Waals surface area contributed by atoms with Crippen LogP contribution in [0.1, 0.15) is 18.9 Å².